The Morgan fingerprint density at radius 3 is 2.54 bits per heavy atom. The zero-order valence-electron chi connectivity index (χ0n) is 17.2. The predicted molar refractivity (Wildman–Crippen MR) is 101 cm³/mol. The minimum Gasteiger partial charge on any atom is -0.632 e. The van der Waals surface area contributed by atoms with Gasteiger partial charge < -0.3 is 19.3 Å². The van der Waals surface area contributed by atoms with Gasteiger partial charge in [-0.15, -0.1) is 0 Å². The van der Waals surface area contributed by atoms with E-state index in [1.165, 1.54) is 0 Å². The first-order valence-electron chi connectivity index (χ1n) is 11.4. The van der Waals surface area contributed by atoms with Gasteiger partial charge in [-0.25, -0.2) is 0 Å². The third-order valence-corrected chi connectivity index (χ3v) is 8.96. The molecule has 0 aromatic heterocycles. The van der Waals surface area contributed by atoms with E-state index < -0.39 is 0 Å². The van der Waals surface area contributed by atoms with Crippen molar-refractivity contribution in [1.82, 2.24) is 0 Å². The van der Waals surface area contributed by atoms with Crippen LogP contribution in [-0.2, 0) is 19.1 Å². The van der Waals surface area contributed by atoms with Gasteiger partial charge in [0.25, 0.3) is 0 Å². The van der Waals surface area contributed by atoms with Crippen molar-refractivity contribution in [3.8, 4) is 0 Å². The maximum atomic E-state index is 14.5. The second-order valence-electron chi connectivity index (χ2n) is 10.1. The topological polar surface area (TPSA) is 75.7 Å². The SMILES string of the molecule is CC[C@@H]1[C@H]2CCCC[N+]3([O-])[C@H]2[C@H](C[C@H]3[C@@H]2C[C@H](C)C(=O)O2)[C@@H]2[C@H]1OC(=O)[C@H]2C. The fourth-order valence-electron chi connectivity index (χ4n) is 7.81. The highest BCUT2D eigenvalue weighted by Gasteiger charge is 2.68. The van der Waals surface area contributed by atoms with Crippen molar-refractivity contribution in [3.05, 3.63) is 5.21 Å². The molecular formula is C22H33NO5. The lowest BCUT2D eigenvalue weighted by molar-refractivity contribution is -0.924. The minimum atomic E-state index is -0.267. The molecule has 5 rings (SSSR count). The Bertz CT molecular complexity index is 682. The number of cyclic esters (lactones) is 1. The van der Waals surface area contributed by atoms with Gasteiger partial charge in [0.1, 0.15) is 12.1 Å². The number of hydroxylamine groups is 3. The number of rotatable bonds is 2. The smallest absolute Gasteiger partial charge is 0.309 e. The lowest BCUT2D eigenvalue weighted by Gasteiger charge is -2.55. The molecule has 5 aliphatic rings. The Balaban J connectivity index is 1.56. The number of fused-ring (bicyclic) bond motifs is 2. The summed E-state index contributed by atoms with van der Waals surface area (Å²) in [5.74, 6) is 0.451. The van der Waals surface area contributed by atoms with Crippen LogP contribution in [0.5, 0.6) is 0 Å². The van der Waals surface area contributed by atoms with Crippen molar-refractivity contribution in [1.29, 1.82) is 0 Å². The lowest BCUT2D eigenvalue weighted by atomic mass is 9.60. The summed E-state index contributed by atoms with van der Waals surface area (Å²) in [7, 11) is 0. The highest BCUT2D eigenvalue weighted by atomic mass is 16.6. The van der Waals surface area contributed by atoms with Crippen LogP contribution in [0.15, 0.2) is 0 Å². The van der Waals surface area contributed by atoms with E-state index in [-0.39, 0.29) is 70.5 Å². The van der Waals surface area contributed by atoms with E-state index in [1.54, 1.807) is 0 Å². The molecule has 0 aromatic carbocycles. The van der Waals surface area contributed by atoms with Crippen LogP contribution in [0.3, 0.4) is 0 Å². The number of carbonyl (C=O) groups excluding carboxylic acids is 2. The van der Waals surface area contributed by atoms with E-state index in [4.69, 9.17) is 9.47 Å². The first-order chi connectivity index (χ1) is 13.4. The maximum absolute atomic E-state index is 14.5. The molecule has 11 atom stereocenters. The molecule has 0 spiro atoms. The summed E-state index contributed by atoms with van der Waals surface area (Å²) in [4.78, 5) is 24.6. The Hall–Kier alpha value is -1.14. The van der Waals surface area contributed by atoms with Gasteiger partial charge >= 0.3 is 11.9 Å². The Kier molecular flexibility index (Phi) is 4.33. The summed E-state index contributed by atoms with van der Waals surface area (Å²) in [5.41, 5.74) is 0. The molecule has 0 amide bonds. The van der Waals surface area contributed by atoms with Crippen LogP contribution in [0, 0.1) is 40.7 Å². The monoisotopic (exact) mass is 391 g/mol. The van der Waals surface area contributed by atoms with Crippen molar-refractivity contribution in [3.63, 3.8) is 0 Å². The van der Waals surface area contributed by atoms with Crippen molar-refractivity contribution in [2.45, 2.75) is 83.6 Å². The standard InChI is InChI=1S/C22H33NO5/c1-4-13-14-7-5-6-8-23(26)16(17-9-11(2)21(24)27-17)10-15(19(14)23)18-12(3)22(25)28-20(13)18/h11-20H,4-10H2,1-3H3/t11-,12-,13+,14+,15+,16-,17-,18+,19+,20-,23?/m0/s1. The van der Waals surface area contributed by atoms with Crippen LogP contribution < -0.4 is 0 Å². The van der Waals surface area contributed by atoms with Crippen molar-refractivity contribution in [2.24, 2.45) is 35.5 Å². The van der Waals surface area contributed by atoms with Gasteiger partial charge in [0.2, 0.25) is 0 Å². The molecule has 0 radical (unpaired) electrons. The fourth-order valence-corrected chi connectivity index (χ4v) is 7.81. The summed E-state index contributed by atoms with van der Waals surface area (Å²) in [6.07, 6.45) is 5.16. The van der Waals surface area contributed by atoms with Gasteiger partial charge in [-0.05, 0) is 25.7 Å². The molecule has 4 aliphatic heterocycles. The molecular weight excluding hydrogens is 358 g/mol. The molecule has 1 saturated carbocycles. The fraction of sp³-hybridized carbons (Fsp3) is 0.909. The number of carbonyl (C=O) groups is 2. The summed E-state index contributed by atoms with van der Waals surface area (Å²) in [6, 6.07) is -0.145. The van der Waals surface area contributed by atoms with E-state index in [0.717, 1.165) is 32.1 Å². The van der Waals surface area contributed by atoms with E-state index in [9.17, 15) is 14.8 Å². The van der Waals surface area contributed by atoms with Crippen LogP contribution in [0.2, 0.25) is 0 Å². The number of nitrogens with zero attached hydrogens (tertiary/aromatic N) is 1. The van der Waals surface area contributed by atoms with Gasteiger partial charge in [-0.1, -0.05) is 20.8 Å². The quantitative estimate of drug-likeness (QED) is 0.411. The maximum Gasteiger partial charge on any atom is 0.309 e. The summed E-state index contributed by atoms with van der Waals surface area (Å²) in [5, 5.41) is 14.5. The molecule has 1 aliphatic carbocycles. The van der Waals surface area contributed by atoms with Crippen molar-refractivity contribution in [2.75, 3.05) is 6.54 Å². The van der Waals surface area contributed by atoms with Gasteiger partial charge in [0.15, 0.2) is 6.10 Å². The Labute approximate surface area is 167 Å². The molecule has 0 aromatic rings. The zero-order chi connectivity index (χ0) is 19.8. The number of hydrogen-bond donors (Lipinski definition) is 0. The molecule has 156 valence electrons. The van der Waals surface area contributed by atoms with Crippen LogP contribution in [0.25, 0.3) is 0 Å². The first-order valence-corrected chi connectivity index (χ1v) is 11.4. The molecule has 28 heavy (non-hydrogen) atoms. The molecule has 0 bridgehead atoms. The third-order valence-electron chi connectivity index (χ3n) is 8.96. The van der Waals surface area contributed by atoms with E-state index in [0.29, 0.717) is 18.9 Å². The summed E-state index contributed by atoms with van der Waals surface area (Å²) in [6.45, 7) is 6.69. The van der Waals surface area contributed by atoms with E-state index >= 15 is 0 Å². The average molecular weight is 392 g/mol. The normalized spacial score (nSPS) is 55.3. The number of ether oxygens (including phenoxy) is 2. The van der Waals surface area contributed by atoms with Crippen molar-refractivity contribution >= 4 is 11.9 Å². The van der Waals surface area contributed by atoms with E-state index in [2.05, 4.69) is 6.92 Å². The second kappa shape index (κ2) is 6.43. The average Bonchev–Trinajstić information content (AvgIpc) is 3.20. The summed E-state index contributed by atoms with van der Waals surface area (Å²) >= 11 is 0. The first kappa shape index (κ1) is 18.9. The van der Waals surface area contributed by atoms with Crippen LogP contribution in [0.4, 0.5) is 0 Å². The summed E-state index contributed by atoms with van der Waals surface area (Å²) < 4.78 is 11.4. The molecule has 4 saturated heterocycles. The molecule has 5 fully saturated rings. The molecule has 6 nitrogen and oxygen atoms in total. The molecule has 6 heteroatoms. The second-order valence-corrected chi connectivity index (χ2v) is 10.1. The lowest BCUT2D eigenvalue weighted by Crippen LogP contribution is -2.62. The zero-order valence-corrected chi connectivity index (χ0v) is 17.2. The molecule has 1 unspecified atom stereocenters. The predicted octanol–water partition coefficient (Wildman–Crippen LogP) is 3.03. The van der Waals surface area contributed by atoms with Gasteiger partial charge in [0, 0.05) is 36.5 Å². The van der Waals surface area contributed by atoms with Gasteiger partial charge in [-0.2, -0.15) is 0 Å². The number of esters is 2. The highest BCUT2D eigenvalue weighted by molar-refractivity contribution is 5.75. The van der Waals surface area contributed by atoms with Crippen LogP contribution in [0.1, 0.15) is 59.3 Å². The van der Waals surface area contributed by atoms with Crippen LogP contribution >= 0.6 is 0 Å². The highest BCUT2D eigenvalue weighted by Crippen LogP contribution is 2.59. The Morgan fingerprint density at radius 1 is 1.07 bits per heavy atom. The molecule has 4 heterocycles. The number of hydrogen-bond acceptors (Lipinski definition) is 5. The Morgan fingerprint density at radius 2 is 1.86 bits per heavy atom. The van der Waals surface area contributed by atoms with Gasteiger partial charge in [-0.3, -0.25) is 9.59 Å². The van der Waals surface area contributed by atoms with Crippen LogP contribution in [-0.4, -0.2) is 47.4 Å². The van der Waals surface area contributed by atoms with Crippen molar-refractivity contribution < 1.29 is 23.7 Å². The number of quaternary nitrogens is 1. The van der Waals surface area contributed by atoms with Gasteiger partial charge in [0.05, 0.1) is 24.4 Å². The minimum absolute atomic E-state index is 0.0326. The largest absolute Gasteiger partial charge is 0.632 e. The third kappa shape index (κ3) is 2.40. The van der Waals surface area contributed by atoms with E-state index in [1.807, 2.05) is 13.8 Å². The molecule has 0 N–H and O–H groups in total.